The van der Waals surface area contributed by atoms with Crippen molar-refractivity contribution in [1.29, 1.82) is 0 Å². The number of benzene rings is 2. The third-order valence-corrected chi connectivity index (χ3v) is 5.09. The van der Waals surface area contributed by atoms with Crippen LogP contribution in [0.5, 0.6) is 0 Å². The number of aromatic nitrogens is 2. The van der Waals surface area contributed by atoms with Crippen molar-refractivity contribution in [3.05, 3.63) is 63.9 Å². The van der Waals surface area contributed by atoms with E-state index in [1.54, 1.807) is 16.3 Å². The van der Waals surface area contributed by atoms with Crippen LogP contribution in [0.3, 0.4) is 0 Å². The van der Waals surface area contributed by atoms with Crippen LogP contribution in [0.1, 0.15) is 30.9 Å². The van der Waals surface area contributed by atoms with Gasteiger partial charge in [-0.15, -0.1) is 0 Å². The smallest absolute Gasteiger partial charge is 0.266 e. The number of rotatable bonds is 5. The van der Waals surface area contributed by atoms with Crippen LogP contribution >= 0.6 is 11.8 Å². The molecule has 4 heteroatoms. The van der Waals surface area contributed by atoms with Crippen molar-refractivity contribution in [1.82, 2.24) is 9.55 Å². The molecular weight excluding hydrogens is 316 g/mol. The van der Waals surface area contributed by atoms with Crippen LogP contribution in [0.25, 0.3) is 16.6 Å². The Bertz CT molecular complexity index is 931. The highest BCUT2D eigenvalue weighted by molar-refractivity contribution is 7.99. The molecule has 0 radical (unpaired) electrons. The quantitative estimate of drug-likeness (QED) is 0.377. The summed E-state index contributed by atoms with van der Waals surface area (Å²) in [5, 5.41) is 1.44. The Kier molecular flexibility index (Phi) is 5.05. The molecule has 0 spiro atoms. The van der Waals surface area contributed by atoms with Crippen molar-refractivity contribution >= 4 is 22.7 Å². The third-order valence-electron chi connectivity index (χ3n) is 4.07. The number of thioether (sulfide) groups is 1. The maximum absolute atomic E-state index is 13.1. The molecule has 0 N–H and O–H groups in total. The average Bonchev–Trinajstić information content (AvgIpc) is 2.57. The molecule has 1 heterocycles. The Balaban J connectivity index is 2.24. The molecule has 0 saturated carbocycles. The molecule has 1 aromatic heterocycles. The van der Waals surface area contributed by atoms with E-state index in [9.17, 15) is 4.79 Å². The fourth-order valence-corrected chi connectivity index (χ4v) is 3.87. The summed E-state index contributed by atoms with van der Waals surface area (Å²) in [5.74, 6) is 0.964. The van der Waals surface area contributed by atoms with Gasteiger partial charge in [0, 0.05) is 5.75 Å². The topological polar surface area (TPSA) is 34.9 Å². The third kappa shape index (κ3) is 3.24. The molecule has 0 unspecified atom stereocenters. The highest BCUT2D eigenvalue weighted by Gasteiger charge is 2.14. The van der Waals surface area contributed by atoms with E-state index in [0.717, 1.165) is 40.5 Å². The summed E-state index contributed by atoms with van der Waals surface area (Å²) < 4.78 is 1.78. The molecule has 0 aliphatic rings. The number of para-hydroxylation sites is 1. The van der Waals surface area contributed by atoms with Gasteiger partial charge in [0.2, 0.25) is 0 Å². The predicted octanol–water partition coefficient (Wildman–Crippen LogP) is 4.89. The molecule has 0 amide bonds. The SMILES string of the molecule is CCCCSc1nc2ccccc2c(=O)n1-c1ccc(C)cc1C. The first kappa shape index (κ1) is 16.8. The highest BCUT2D eigenvalue weighted by atomic mass is 32.2. The summed E-state index contributed by atoms with van der Waals surface area (Å²) in [4.78, 5) is 17.9. The van der Waals surface area contributed by atoms with E-state index in [4.69, 9.17) is 4.98 Å². The van der Waals surface area contributed by atoms with E-state index in [-0.39, 0.29) is 5.56 Å². The Hall–Kier alpha value is -2.07. The molecule has 0 aliphatic heterocycles. The molecule has 2 aromatic carbocycles. The van der Waals surface area contributed by atoms with Gasteiger partial charge in [0.15, 0.2) is 5.16 Å². The molecular formula is C20H22N2OS. The molecule has 0 fully saturated rings. The van der Waals surface area contributed by atoms with Gasteiger partial charge in [-0.1, -0.05) is 54.9 Å². The van der Waals surface area contributed by atoms with E-state index in [1.807, 2.05) is 43.3 Å². The number of nitrogens with zero attached hydrogens (tertiary/aromatic N) is 2. The van der Waals surface area contributed by atoms with Gasteiger partial charge in [0.25, 0.3) is 5.56 Å². The Morgan fingerprint density at radius 2 is 1.92 bits per heavy atom. The minimum atomic E-state index is 0.00607. The second-order valence-electron chi connectivity index (χ2n) is 6.04. The number of hydrogen-bond donors (Lipinski definition) is 0. The van der Waals surface area contributed by atoms with Gasteiger partial charge in [-0.05, 0) is 44.0 Å². The first-order chi connectivity index (χ1) is 11.6. The van der Waals surface area contributed by atoms with Crippen LogP contribution < -0.4 is 5.56 Å². The lowest BCUT2D eigenvalue weighted by atomic mass is 10.1. The standard InChI is InChI=1S/C20H22N2OS/c1-4-5-12-24-20-21-17-9-7-6-8-16(17)19(23)22(20)18-11-10-14(2)13-15(18)3/h6-11,13H,4-5,12H2,1-3H3. The Morgan fingerprint density at radius 1 is 1.12 bits per heavy atom. The summed E-state index contributed by atoms with van der Waals surface area (Å²) in [5.41, 5.74) is 3.97. The van der Waals surface area contributed by atoms with Crippen molar-refractivity contribution in [3.8, 4) is 5.69 Å². The average molecular weight is 338 g/mol. The van der Waals surface area contributed by atoms with Gasteiger partial charge in [-0.2, -0.15) is 0 Å². The number of aryl methyl sites for hydroxylation is 2. The van der Waals surface area contributed by atoms with E-state index in [1.165, 1.54) is 5.56 Å². The van der Waals surface area contributed by atoms with Crippen molar-refractivity contribution in [2.75, 3.05) is 5.75 Å². The lowest BCUT2D eigenvalue weighted by Crippen LogP contribution is -2.22. The summed E-state index contributed by atoms with van der Waals surface area (Å²) in [6.07, 6.45) is 2.24. The second kappa shape index (κ2) is 7.22. The molecule has 3 rings (SSSR count). The van der Waals surface area contributed by atoms with Crippen molar-refractivity contribution < 1.29 is 0 Å². The van der Waals surface area contributed by atoms with E-state index in [0.29, 0.717) is 5.39 Å². The van der Waals surface area contributed by atoms with Crippen LogP contribution in [0.2, 0.25) is 0 Å². The normalized spacial score (nSPS) is 11.1. The van der Waals surface area contributed by atoms with Crippen molar-refractivity contribution in [2.24, 2.45) is 0 Å². The van der Waals surface area contributed by atoms with Gasteiger partial charge < -0.3 is 0 Å². The molecule has 0 bridgehead atoms. The molecule has 0 atom stereocenters. The minimum Gasteiger partial charge on any atom is -0.268 e. The van der Waals surface area contributed by atoms with Gasteiger partial charge in [0.1, 0.15) is 0 Å². The molecule has 124 valence electrons. The minimum absolute atomic E-state index is 0.00607. The van der Waals surface area contributed by atoms with Crippen molar-refractivity contribution in [3.63, 3.8) is 0 Å². The van der Waals surface area contributed by atoms with Crippen LogP contribution in [-0.2, 0) is 0 Å². The predicted molar refractivity (Wildman–Crippen MR) is 102 cm³/mol. The lowest BCUT2D eigenvalue weighted by molar-refractivity contribution is 0.809. The summed E-state index contributed by atoms with van der Waals surface area (Å²) in [6, 6.07) is 13.8. The molecule has 3 nitrogen and oxygen atoms in total. The zero-order chi connectivity index (χ0) is 17.1. The zero-order valence-electron chi connectivity index (χ0n) is 14.4. The maximum Gasteiger partial charge on any atom is 0.266 e. The molecule has 0 aliphatic carbocycles. The van der Waals surface area contributed by atoms with E-state index in [2.05, 4.69) is 19.9 Å². The van der Waals surface area contributed by atoms with Gasteiger partial charge in [-0.25, -0.2) is 4.98 Å². The molecule has 24 heavy (non-hydrogen) atoms. The lowest BCUT2D eigenvalue weighted by Gasteiger charge is -2.15. The Labute approximate surface area is 146 Å². The van der Waals surface area contributed by atoms with E-state index >= 15 is 0 Å². The summed E-state index contributed by atoms with van der Waals surface area (Å²) in [7, 11) is 0. The van der Waals surface area contributed by atoms with Gasteiger partial charge >= 0.3 is 0 Å². The van der Waals surface area contributed by atoms with Crippen LogP contribution in [0, 0.1) is 13.8 Å². The Morgan fingerprint density at radius 3 is 2.67 bits per heavy atom. The fraction of sp³-hybridized carbons (Fsp3) is 0.300. The molecule has 3 aromatic rings. The summed E-state index contributed by atoms with van der Waals surface area (Å²) >= 11 is 1.66. The van der Waals surface area contributed by atoms with Crippen LogP contribution in [-0.4, -0.2) is 15.3 Å². The van der Waals surface area contributed by atoms with Crippen molar-refractivity contribution in [2.45, 2.75) is 38.8 Å². The first-order valence-corrected chi connectivity index (χ1v) is 9.32. The highest BCUT2D eigenvalue weighted by Crippen LogP contribution is 2.24. The number of fused-ring (bicyclic) bond motifs is 1. The molecule has 0 saturated heterocycles. The zero-order valence-corrected chi connectivity index (χ0v) is 15.2. The summed E-state index contributed by atoms with van der Waals surface area (Å²) in [6.45, 7) is 6.28. The maximum atomic E-state index is 13.1. The fourth-order valence-electron chi connectivity index (χ4n) is 2.79. The monoisotopic (exact) mass is 338 g/mol. The number of unbranched alkanes of at least 4 members (excludes halogenated alkanes) is 1. The second-order valence-corrected chi connectivity index (χ2v) is 7.11. The number of hydrogen-bond acceptors (Lipinski definition) is 3. The van der Waals surface area contributed by atoms with Gasteiger partial charge in [-0.3, -0.25) is 9.36 Å². The van der Waals surface area contributed by atoms with Crippen LogP contribution in [0.15, 0.2) is 52.4 Å². The van der Waals surface area contributed by atoms with E-state index < -0.39 is 0 Å². The largest absolute Gasteiger partial charge is 0.268 e. The first-order valence-electron chi connectivity index (χ1n) is 8.34. The van der Waals surface area contributed by atoms with Gasteiger partial charge in [0.05, 0.1) is 16.6 Å². The van der Waals surface area contributed by atoms with Crippen LogP contribution in [0.4, 0.5) is 0 Å².